The second-order valence-corrected chi connectivity index (χ2v) is 5.39. The largest absolute Gasteiger partial charge is 0.376 e. The number of hydrogen-bond donors (Lipinski definition) is 1. The van der Waals surface area contributed by atoms with Crippen molar-refractivity contribution in [3.8, 4) is 0 Å². The number of ether oxygens (including phenoxy) is 1. The summed E-state index contributed by atoms with van der Waals surface area (Å²) in [7, 11) is 0. The van der Waals surface area contributed by atoms with Gasteiger partial charge in [-0.2, -0.15) is 0 Å². The van der Waals surface area contributed by atoms with Crippen LogP contribution in [0.15, 0.2) is 28.7 Å². The molecule has 1 saturated heterocycles. The Hall–Kier alpha value is -0.910. The van der Waals surface area contributed by atoms with Crippen molar-refractivity contribution < 1.29 is 9.53 Å². The van der Waals surface area contributed by atoms with Gasteiger partial charge in [-0.3, -0.25) is 9.69 Å². The van der Waals surface area contributed by atoms with Gasteiger partial charge in [-0.1, -0.05) is 15.9 Å². The van der Waals surface area contributed by atoms with Gasteiger partial charge in [0.15, 0.2) is 0 Å². The second-order valence-electron chi connectivity index (χ2n) is 4.47. The van der Waals surface area contributed by atoms with Crippen LogP contribution in [0.25, 0.3) is 0 Å². The molecule has 1 aromatic carbocycles. The molecular formula is C13H17BrN2O2. The lowest BCUT2D eigenvalue weighted by Crippen LogP contribution is -2.44. The lowest BCUT2D eigenvalue weighted by atomic mass is 10.3. The summed E-state index contributed by atoms with van der Waals surface area (Å²) < 4.78 is 6.44. The summed E-state index contributed by atoms with van der Waals surface area (Å²) in [6, 6.07) is 7.58. The number of morpholine rings is 1. The highest BCUT2D eigenvalue weighted by Gasteiger charge is 2.18. The predicted molar refractivity (Wildman–Crippen MR) is 74.6 cm³/mol. The SMILES string of the molecule is CC1CN(CC(=O)Nc2ccc(Br)cc2)CCO1. The van der Waals surface area contributed by atoms with Crippen molar-refractivity contribution in [2.75, 3.05) is 31.6 Å². The van der Waals surface area contributed by atoms with Crippen molar-refractivity contribution in [3.05, 3.63) is 28.7 Å². The van der Waals surface area contributed by atoms with Gasteiger partial charge in [0.05, 0.1) is 19.3 Å². The van der Waals surface area contributed by atoms with Crippen molar-refractivity contribution in [1.29, 1.82) is 0 Å². The Labute approximate surface area is 115 Å². The fraction of sp³-hybridized carbons (Fsp3) is 0.462. The van der Waals surface area contributed by atoms with Crippen molar-refractivity contribution in [2.45, 2.75) is 13.0 Å². The molecular weight excluding hydrogens is 296 g/mol. The molecule has 0 bridgehead atoms. The first-order valence-electron chi connectivity index (χ1n) is 6.03. The van der Waals surface area contributed by atoms with Gasteiger partial charge in [-0.25, -0.2) is 0 Å². The summed E-state index contributed by atoms with van der Waals surface area (Å²) in [5.74, 6) is 0.0198. The molecule has 1 aliphatic rings. The van der Waals surface area contributed by atoms with Crippen LogP contribution in [0, 0.1) is 0 Å². The fourth-order valence-electron chi connectivity index (χ4n) is 1.97. The number of anilines is 1. The van der Waals surface area contributed by atoms with Crippen molar-refractivity contribution in [1.82, 2.24) is 4.90 Å². The molecule has 0 saturated carbocycles. The maximum atomic E-state index is 11.9. The van der Waals surface area contributed by atoms with Crippen molar-refractivity contribution in [3.63, 3.8) is 0 Å². The average molecular weight is 313 g/mol. The topological polar surface area (TPSA) is 41.6 Å². The molecule has 1 aromatic rings. The maximum Gasteiger partial charge on any atom is 0.238 e. The summed E-state index contributed by atoms with van der Waals surface area (Å²) >= 11 is 3.36. The predicted octanol–water partition coefficient (Wildman–Crippen LogP) is 2.11. The van der Waals surface area contributed by atoms with Gasteiger partial charge >= 0.3 is 0 Å². The smallest absolute Gasteiger partial charge is 0.238 e. The molecule has 18 heavy (non-hydrogen) atoms. The molecule has 2 rings (SSSR count). The highest BCUT2D eigenvalue weighted by Crippen LogP contribution is 2.14. The first kappa shape index (κ1) is 13.5. The number of carbonyl (C=O) groups excluding carboxylic acids is 1. The van der Waals surface area contributed by atoms with E-state index in [0.717, 1.165) is 23.2 Å². The number of amides is 1. The molecule has 98 valence electrons. The van der Waals surface area contributed by atoms with E-state index >= 15 is 0 Å². The van der Waals surface area contributed by atoms with E-state index in [2.05, 4.69) is 26.1 Å². The lowest BCUT2D eigenvalue weighted by Gasteiger charge is -2.30. The molecule has 4 nitrogen and oxygen atoms in total. The van der Waals surface area contributed by atoms with Gasteiger partial charge in [0.2, 0.25) is 5.91 Å². The number of hydrogen-bond acceptors (Lipinski definition) is 3. The number of carbonyl (C=O) groups is 1. The Bertz CT molecular complexity index is 408. The molecule has 0 aromatic heterocycles. The molecule has 1 unspecified atom stereocenters. The van der Waals surface area contributed by atoms with Crippen LogP contribution in [-0.4, -0.2) is 43.2 Å². The van der Waals surface area contributed by atoms with Crippen molar-refractivity contribution >= 4 is 27.5 Å². The molecule has 0 spiro atoms. The highest BCUT2D eigenvalue weighted by molar-refractivity contribution is 9.10. The molecule has 1 N–H and O–H groups in total. The number of nitrogens with one attached hydrogen (secondary N) is 1. The maximum absolute atomic E-state index is 11.9. The molecule has 1 fully saturated rings. The molecule has 0 aliphatic carbocycles. The number of benzene rings is 1. The van der Waals surface area contributed by atoms with Gasteiger partial charge in [-0.15, -0.1) is 0 Å². The summed E-state index contributed by atoms with van der Waals surface area (Å²) in [4.78, 5) is 14.0. The normalized spacial score (nSPS) is 20.7. The van der Waals surface area contributed by atoms with Crippen LogP contribution in [0.2, 0.25) is 0 Å². The third kappa shape index (κ3) is 4.08. The molecule has 0 radical (unpaired) electrons. The Morgan fingerprint density at radius 3 is 2.89 bits per heavy atom. The van der Waals surface area contributed by atoms with Gasteiger partial charge in [0.1, 0.15) is 0 Å². The number of rotatable bonds is 3. The van der Waals surface area contributed by atoms with Crippen LogP contribution in [0.5, 0.6) is 0 Å². The number of nitrogens with zero attached hydrogens (tertiary/aromatic N) is 1. The van der Waals surface area contributed by atoms with Crippen molar-refractivity contribution in [2.24, 2.45) is 0 Å². The van der Waals surface area contributed by atoms with Gasteiger partial charge < -0.3 is 10.1 Å². The number of halogens is 1. The quantitative estimate of drug-likeness (QED) is 0.929. The van der Waals surface area contributed by atoms with E-state index in [-0.39, 0.29) is 12.0 Å². The Morgan fingerprint density at radius 1 is 1.50 bits per heavy atom. The van der Waals surface area contributed by atoms with Crippen LogP contribution in [-0.2, 0) is 9.53 Å². The zero-order valence-corrected chi connectivity index (χ0v) is 11.9. The molecule has 1 aliphatic heterocycles. The van der Waals surface area contributed by atoms with Gasteiger partial charge in [0.25, 0.3) is 0 Å². The summed E-state index contributed by atoms with van der Waals surface area (Å²) in [6.07, 6.45) is 0.208. The minimum atomic E-state index is 0.0198. The molecule has 1 atom stereocenters. The minimum absolute atomic E-state index is 0.0198. The Morgan fingerprint density at radius 2 is 2.22 bits per heavy atom. The van der Waals surface area contributed by atoms with Gasteiger partial charge in [0, 0.05) is 23.2 Å². The van der Waals surface area contributed by atoms with E-state index in [1.807, 2.05) is 31.2 Å². The zero-order valence-electron chi connectivity index (χ0n) is 10.4. The summed E-state index contributed by atoms with van der Waals surface area (Å²) in [5, 5.41) is 2.89. The second kappa shape index (κ2) is 6.31. The standard InChI is InChI=1S/C13H17BrN2O2/c1-10-8-16(6-7-18-10)9-13(17)15-12-4-2-11(14)3-5-12/h2-5,10H,6-9H2,1H3,(H,15,17). The van der Waals surface area contributed by atoms with Crippen LogP contribution in [0.4, 0.5) is 5.69 Å². The molecule has 1 heterocycles. The Kier molecular flexibility index (Phi) is 4.74. The van der Waals surface area contributed by atoms with E-state index in [1.165, 1.54) is 0 Å². The average Bonchev–Trinajstić information content (AvgIpc) is 2.32. The summed E-state index contributed by atoms with van der Waals surface area (Å²) in [6.45, 7) is 4.78. The van der Waals surface area contributed by atoms with E-state index in [1.54, 1.807) is 0 Å². The monoisotopic (exact) mass is 312 g/mol. The van der Waals surface area contributed by atoms with E-state index in [0.29, 0.717) is 13.2 Å². The third-order valence-corrected chi connectivity index (χ3v) is 3.35. The van der Waals surface area contributed by atoms with E-state index < -0.39 is 0 Å². The fourth-order valence-corrected chi connectivity index (χ4v) is 2.24. The lowest BCUT2D eigenvalue weighted by molar-refractivity contribution is -0.119. The van der Waals surface area contributed by atoms with Gasteiger partial charge in [-0.05, 0) is 31.2 Å². The van der Waals surface area contributed by atoms with Crippen LogP contribution in [0.1, 0.15) is 6.92 Å². The molecule has 1 amide bonds. The van der Waals surface area contributed by atoms with E-state index in [4.69, 9.17) is 4.74 Å². The highest BCUT2D eigenvalue weighted by atomic mass is 79.9. The third-order valence-electron chi connectivity index (χ3n) is 2.82. The minimum Gasteiger partial charge on any atom is -0.376 e. The van der Waals surface area contributed by atoms with Crippen LogP contribution in [0.3, 0.4) is 0 Å². The Balaban J connectivity index is 1.83. The first-order valence-corrected chi connectivity index (χ1v) is 6.82. The molecule has 5 heteroatoms. The zero-order chi connectivity index (χ0) is 13.0. The van der Waals surface area contributed by atoms with E-state index in [9.17, 15) is 4.79 Å². The first-order chi connectivity index (χ1) is 8.63. The van der Waals surface area contributed by atoms with Crippen LogP contribution < -0.4 is 5.32 Å². The summed E-state index contributed by atoms with van der Waals surface area (Å²) in [5.41, 5.74) is 0.824. The van der Waals surface area contributed by atoms with Crippen LogP contribution >= 0.6 is 15.9 Å².